The maximum Gasteiger partial charge on any atom is 0.402 e. The van der Waals surface area contributed by atoms with Crippen molar-refractivity contribution in [2.45, 2.75) is 45.3 Å². The maximum atomic E-state index is 12.2. The number of rotatable bonds is 7. The molecule has 0 spiro atoms. The molecule has 0 aromatic heterocycles. The predicted octanol–water partition coefficient (Wildman–Crippen LogP) is 1.48. The van der Waals surface area contributed by atoms with Crippen molar-refractivity contribution in [3.05, 3.63) is 0 Å². The van der Waals surface area contributed by atoms with Gasteiger partial charge in [-0.25, -0.2) is 0 Å². The lowest BCUT2D eigenvalue weighted by Gasteiger charge is -2.35. The lowest BCUT2D eigenvalue weighted by molar-refractivity contribution is -0.121. The summed E-state index contributed by atoms with van der Waals surface area (Å²) in [5.41, 5.74) is 0. The van der Waals surface area contributed by atoms with Crippen molar-refractivity contribution in [2.75, 3.05) is 26.2 Å². The van der Waals surface area contributed by atoms with Crippen LogP contribution in [0.15, 0.2) is 0 Å². The van der Waals surface area contributed by atoms with E-state index in [1.54, 1.807) is 4.72 Å². The SMILES string of the molecule is CC(C)CNCC1CCCCN1S(=O)(=O)NCC(F)(F)F. The molecule has 1 fully saturated rings. The van der Waals surface area contributed by atoms with E-state index in [9.17, 15) is 21.6 Å². The van der Waals surface area contributed by atoms with E-state index in [1.807, 2.05) is 13.8 Å². The molecule has 0 aromatic rings. The van der Waals surface area contributed by atoms with Crippen LogP contribution in [0.25, 0.3) is 0 Å². The first-order chi connectivity index (χ1) is 9.62. The number of hydrogen-bond donors (Lipinski definition) is 2. The minimum atomic E-state index is -4.55. The van der Waals surface area contributed by atoms with Gasteiger partial charge in [-0.1, -0.05) is 20.3 Å². The Bertz CT molecular complexity index is 412. The molecule has 1 rings (SSSR count). The average molecular weight is 331 g/mol. The predicted molar refractivity (Wildman–Crippen MR) is 75.0 cm³/mol. The lowest BCUT2D eigenvalue weighted by Crippen LogP contribution is -2.53. The van der Waals surface area contributed by atoms with Crippen molar-refractivity contribution >= 4 is 10.2 Å². The normalized spacial score (nSPS) is 21.9. The van der Waals surface area contributed by atoms with Gasteiger partial charge in [-0.05, 0) is 25.3 Å². The Morgan fingerprint density at radius 3 is 2.52 bits per heavy atom. The minimum absolute atomic E-state index is 0.265. The van der Waals surface area contributed by atoms with Gasteiger partial charge in [-0.3, -0.25) is 0 Å². The van der Waals surface area contributed by atoms with Crippen LogP contribution in [0.3, 0.4) is 0 Å². The van der Waals surface area contributed by atoms with Crippen LogP contribution in [0.1, 0.15) is 33.1 Å². The minimum Gasteiger partial charge on any atom is -0.315 e. The van der Waals surface area contributed by atoms with E-state index < -0.39 is 22.9 Å². The molecule has 0 aromatic carbocycles. The van der Waals surface area contributed by atoms with Crippen molar-refractivity contribution in [1.29, 1.82) is 0 Å². The van der Waals surface area contributed by atoms with Crippen LogP contribution in [0.4, 0.5) is 13.2 Å². The van der Waals surface area contributed by atoms with Crippen LogP contribution in [-0.2, 0) is 10.2 Å². The highest BCUT2D eigenvalue weighted by molar-refractivity contribution is 7.87. The topological polar surface area (TPSA) is 61.4 Å². The second-order valence-electron chi connectivity index (χ2n) is 5.75. The first kappa shape index (κ1) is 18.7. The Labute approximate surface area is 124 Å². The molecular weight excluding hydrogens is 307 g/mol. The quantitative estimate of drug-likeness (QED) is 0.743. The zero-order valence-electron chi connectivity index (χ0n) is 12.4. The van der Waals surface area contributed by atoms with E-state index in [4.69, 9.17) is 0 Å². The van der Waals surface area contributed by atoms with Crippen molar-refractivity contribution in [3.63, 3.8) is 0 Å². The Hall–Kier alpha value is -0.380. The van der Waals surface area contributed by atoms with Crippen LogP contribution in [0.5, 0.6) is 0 Å². The number of hydrogen-bond acceptors (Lipinski definition) is 3. The van der Waals surface area contributed by atoms with Crippen LogP contribution >= 0.6 is 0 Å². The van der Waals surface area contributed by atoms with E-state index in [2.05, 4.69) is 5.32 Å². The third-order valence-electron chi connectivity index (χ3n) is 3.27. The molecule has 21 heavy (non-hydrogen) atoms. The van der Waals surface area contributed by atoms with Gasteiger partial charge in [0.2, 0.25) is 0 Å². The Morgan fingerprint density at radius 1 is 1.29 bits per heavy atom. The molecule has 9 heteroatoms. The fourth-order valence-electron chi connectivity index (χ4n) is 2.29. The molecule has 1 aliphatic heterocycles. The fourth-order valence-corrected chi connectivity index (χ4v) is 3.74. The smallest absolute Gasteiger partial charge is 0.315 e. The van der Waals surface area contributed by atoms with Gasteiger partial charge in [-0.2, -0.15) is 30.6 Å². The molecule has 0 bridgehead atoms. The van der Waals surface area contributed by atoms with Crippen molar-refractivity contribution < 1.29 is 21.6 Å². The number of piperidine rings is 1. The molecule has 0 radical (unpaired) electrons. The summed E-state index contributed by atoms with van der Waals surface area (Å²) in [7, 11) is -4.09. The lowest BCUT2D eigenvalue weighted by atomic mass is 10.0. The molecule has 1 saturated heterocycles. The number of nitrogens with one attached hydrogen (secondary N) is 2. The van der Waals surface area contributed by atoms with E-state index >= 15 is 0 Å². The monoisotopic (exact) mass is 331 g/mol. The molecule has 5 nitrogen and oxygen atoms in total. The molecule has 0 saturated carbocycles. The second-order valence-corrected chi connectivity index (χ2v) is 7.46. The summed E-state index contributed by atoms with van der Waals surface area (Å²) in [6.07, 6.45) is -2.32. The van der Waals surface area contributed by atoms with Crippen molar-refractivity contribution in [1.82, 2.24) is 14.3 Å². The van der Waals surface area contributed by atoms with Crippen molar-refractivity contribution in [2.24, 2.45) is 5.92 Å². The summed E-state index contributed by atoms with van der Waals surface area (Å²) in [5, 5.41) is 3.17. The second kappa shape index (κ2) is 7.75. The van der Waals surface area contributed by atoms with Crippen LogP contribution in [-0.4, -0.2) is 51.1 Å². The van der Waals surface area contributed by atoms with Gasteiger partial charge in [-0.15, -0.1) is 0 Å². The van der Waals surface area contributed by atoms with Crippen molar-refractivity contribution in [3.8, 4) is 0 Å². The molecule has 0 aliphatic carbocycles. The average Bonchev–Trinajstić information content (AvgIpc) is 2.36. The van der Waals surface area contributed by atoms with Gasteiger partial charge < -0.3 is 5.32 Å². The zero-order chi connectivity index (χ0) is 16.1. The third-order valence-corrected chi connectivity index (χ3v) is 4.88. The van der Waals surface area contributed by atoms with Gasteiger partial charge >= 0.3 is 6.18 Å². The van der Waals surface area contributed by atoms with Gasteiger partial charge in [0.15, 0.2) is 0 Å². The van der Waals surface area contributed by atoms with Gasteiger partial charge in [0.05, 0.1) is 0 Å². The summed E-state index contributed by atoms with van der Waals surface area (Å²) in [4.78, 5) is 0. The number of nitrogens with zero attached hydrogens (tertiary/aromatic N) is 1. The molecular formula is C12H24F3N3O2S. The highest BCUT2D eigenvalue weighted by atomic mass is 32.2. The highest BCUT2D eigenvalue weighted by Gasteiger charge is 2.35. The number of alkyl halides is 3. The zero-order valence-corrected chi connectivity index (χ0v) is 13.2. The standard InChI is InChI=1S/C12H24F3N3O2S/c1-10(2)7-16-8-11-5-3-4-6-18(11)21(19,20)17-9-12(13,14)15/h10-11,16-17H,3-9H2,1-2H3. The van der Waals surface area contributed by atoms with E-state index in [-0.39, 0.29) is 12.6 Å². The van der Waals surface area contributed by atoms with Gasteiger partial charge in [0, 0.05) is 19.1 Å². The Balaban J connectivity index is 2.62. The summed E-state index contributed by atoms with van der Waals surface area (Å²) in [6.45, 7) is 4.02. The molecule has 1 heterocycles. The van der Waals surface area contributed by atoms with Gasteiger partial charge in [0.1, 0.15) is 6.54 Å². The molecule has 1 unspecified atom stereocenters. The maximum absolute atomic E-state index is 12.2. The number of halogens is 3. The van der Waals surface area contributed by atoms with Crippen LogP contribution in [0, 0.1) is 5.92 Å². The third kappa shape index (κ3) is 6.94. The molecule has 0 amide bonds. The fraction of sp³-hybridized carbons (Fsp3) is 1.00. The van der Waals surface area contributed by atoms with E-state index in [0.29, 0.717) is 25.3 Å². The first-order valence-corrected chi connectivity index (χ1v) is 8.60. The summed E-state index contributed by atoms with van der Waals surface area (Å²) >= 11 is 0. The largest absolute Gasteiger partial charge is 0.402 e. The highest BCUT2D eigenvalue weighted by Crippen LogP contribution is 2.20. The molecule has 126 valence electrons. The van der Waals surface area contributed by atoms with Gasteiger partial charge in [0.25, 0.3) is 10.2 Å². The summed E-state index contributed by atoms with van der Waals surface area (Å²) < 4.78 is 63.4. The Morgan fingerprint density at radius 2 is 1.95 bits per heavy atom. The van der Waals surface area contributed by atoms with Crippen LogP contribution in [0.2, 0.25) is 0 Å². The molecule has 2 N–H and O–H groups in total. The summed E-state index contributed by atoms with van der Waals surface area (Å²) in [6, 6.07) is -0.289. The van der Waals surface area contributed by atoms with E-state index in [0.717, 1.165) is 17.3 Å². The Kier molecular flexibility index (Phi) is 6.89. The van der Waals surface area contributed by atoms with Crippen LogP contribution < -0.4 is 10.0 Å². The van der Waals surface area contributed by atoms with E-state index in [1.165, 1.54) is 0 Å². The molecule has 1 atom stereocenters. The first-order valence-electron chi connectivity index (χ1n) is 7.16. The summed E-state index contributed by atoms with van der Waals surface area (Å²) in [5.74, 6) is 0.432. The molecule has 1 aliphatic rings.